The van der Waals surface area contributed by atoms with E-state index in [0.29, 0.717) is 46.0 Å². The van der Waals surface area contributed by atoms with E-state index >= 15 is 0 Å². The van der Waals surface area contributed by atoms with Crippen molar-refractivity contribution in [3.63, 3.8) is 0 Å². The molecule has 40 heavy (non-hydrogen) atoms. The smallest absolute Gasteiger partial charge is 0.132 e. The van der Waals surface area contributed by atoms with Crippen LogP contribution in [0.4, 0.5) is 0 Å². The van der Waals surface area contributed by atoms with Crippen molar-refractivity contribution in [3.8, 4) is 39.4 Å². The van der Waals surface area contributed by atoms with E-state index in [1.165, 1.54) is 0 Å². The number of aromatic nitrogens is 4. The second kappa shape index (κ2) is 12.3. The quantitative estimate of drug-likeness (QED) is 0.199. The van der Waals surface area contributed by atoms with Crippen molar-refractivity contribution >= 4 is 11.6 Å². The van der Waals surface area contributed by atoms with Gasteiger partial charge >= 0.3 is 0 Å². The third-order valence-electron chi connectivity index (χ3n) is 7.81. The van der Waals surface area contributed by atoms with Crippen LogP contribution in [0.3, 0.4) is 0 Å². The van der Waals surface area contributed by atoms with Gasteiger partial charge in [-0.1, -0.05) is 68.8 Å². The number of hydrogen-bond acceptors (Lipinski definition) is 6. The maximum Gasteiger partial charge on any atom is 0.132 e. The van der Waals surface area contributed by atoms with Crippen LogP contribution in [0.15, 0.2) is 61.4 Å². The van der Waals surface area contributed by atoms with Crippen molar-refractivity contribution in [1.29, 1.82) is 0 Å². The summed E-state index contributed by atoms with van der Waals surface area (Å²) in [4.78, 5) is 19.1. The highest BCUT2D eigenvalue weighted by atomic mass is 35.5. The van der Waals surface area contributed by atoms with E-state index < -0.39 is 0 Å². The largest absolute Gasteiger partial charge is 0.507 e. The number of aromatic hydroxyl groups is 1. The zero-order valence-electron chi connectivity index (χ0n) is 23.4. The fourth-order valence-corrected chi connectivity index (χ4v) is 5.67. The first-order chi connectivity index (χ1) is 19.5. The van der Waals surface area contributed by atoms with E-state index in [1.54, 1.807) is 12.4 Å². The molecule has 0 saturated heterocycles. The van der Waals surface area contributed by atoms with Gasteiger partial charge in [-0.2, -0.15) is 0 Å². The Morgan fingerprint density at radius 1 is 0.825 bits per heavy atom. The fourth-order valence-electron chi connectivity index (χ4n) is 5.34. The first kappa shape index (κ1) is 27.9. The SMILES string of the molecule is C=CC1CC(NCc2ncc(-c3cccc(-c4cccc(-c5cnc(CC)c(CC)n5)c4O)c3Cl)nc2CC)C1. The molecule has 1 aliphatic rings. The molecule has 0 spiro atoms. The molecule has 0 bridgehead atoms. The van der Waals surface area contributed by atoms with Crippen LogP contribution in [0.5, 0.6) is 5.75 Å². The molecule has 0 atom stereocenters. The molecule has 0 amide bonds. The van der Waals surface area contributed by atoms with Crippen molar-refractivity contribution in [2.45, 2.75) is 65.5 Å². The number of phenolic OH excluding ortho intramolecular Hbond substituents is 1. The second-order valence-corrected chi connectivity index (χ2v) is 10.6. The van der Waals surface area contributed by atoms with E-state index in [0.717, 1.165) is 66.0 Å². The van der Waals surface area contributed by atoms with Crippen LogP contribution in [0.2, 0.25) is 5.02 Å². The lowest BCUT2D eigenvalue weighted by atomic mass is 9.80. The normalized spacial score (nSPS) is 16.5. The Kier molecular flexibility index (Phi) is 8.57. The summed E-state index contributed by atoms with van der Waals surface area (Å²) in [6, 6.07) is 11.9. The third kappa shape index (κ3) is 5.51. The van der Waals surface area contributed by atoms with Crippen LogP contribution in [0.25, 0.3) is 33.6 Å². The number of phenols is 1. The first-order valence-electron chi connectivity index (χ1n) is 14.1. The summed E-state index contributed by atoms with van der Waals surface area (Å²) in [7, 11) is 0. The Morgan fingerprint density at radius 2 is 1.38 bits per heavy atom. The minimum absolute atomic E-state index is 0.124. The topological polar surface area (TPSA) is 83.8 Å². The molecule has 4 aromatic rings. The van der Waals surface area contributed by atoms with Crippen LogP contribution >= 0.6 is 11.6 Å². The average Bonchev–Trinajstić information content (AvgIpc) is 2.96. The monoisotopic (exact) mass is 553 g/mol. The minimum atomic E-state index is 0.124. The molecular formula is C33H36ClN5O. The van der Waals surface area contributed by atoms with Gasteiger partial charge in [-0.15, -0.1) is 6.58 Å². The molecule has 1 fully saturated rings. The highest BCUT2D eigenvalue weighted by molar-refractivity contribution is 6.36. The molecular weight excluding hydrogens is 518 g/mol. The van der Waals surface area contributed by atoms with Gasteiger partial charge < -0.3 is 10.4 Å². The van der Waals surface area contributed by atoms with Crippen molar-refractivity contribution in [2.24, 2.45) is 5.92 Å². The van der Waals surface area contributed by atoms with E-state index in [1.807, 2.05) is 42.5 Å². The van der Waals surface area contributed by atoms with Gasteiger partial charge in [0.25, 0.3) is 0 Å². The molecule has 0 radical (unpaired) electrons. The van der Waals surface area contributed by atoms with Gasteiger partial charge in [0.2, 0.25) is 0 Å². The van der Waals surface area contributed by atoms with Gasteiger partial charge in [-0.05, 0) is 44.1 Å². The maximum absolute atomic E-state index is 11.4. The van der Waals surface area contributed by atoms with Crippen LogP contribution in [0, 0.1) is 5.92 Å². The summed E-state index contributed by atoms with van der Waals surface area (Å²) in [5, 5.41) is 15.5. The number of aryl methyl sites for hydroxylation is 3. The minimum Gasteiger partial charge on any atom is -0.507 e. The van der Waals surface area contributed by atoms with Gasteiger partial charge in [0.1, 0.15) is 5.75 Å². The van der Waals surface area contributed by atoms with Gasteiger partial charge in [0.05, 0.1) is 51.6 Å². The zero-order chi connectivity index (χ0) is 28.2. The summed E-state index contributed by atoms with van der Waals surface area (Å²) in [5.74, 6) is 0.744. The lowest BCUT2D eigenvalue weighted by molar-refractivity contribution is 0.266. The van der Waals surface area contributed by atoms with Gasteiger partial charge in [0.15, 0.2) is 0 Å². The average molecular weight is 554 g/mol. The van der Waals surface area contributed by atoms with Crippen molar-refractivity contribution in [2.75, 3.05) is 0 Å². The highest BCUT2D eigenvalue weighted by Crippen LogP contribution is 2.42. The molecule has 7 heteroatoms. The molecule has 1 saturated carbocycles. The van der Waals surface area contributed by atoms with Crippen molar-refractivity contribution < 1.29 is 5.11 Å². The molecule has 2 N–H and O–H groups in total. The van der Waals surface area contributed by atoms with E-state index in [2.05, 4.69) is 37.7 Å². The molecule has 206 valence electrons. The third-order valence-corrected chi connectivity index (χ3v) is 8.22. The van der Waals surface area contributed by atoms with Gasteiger partial charge in [0, 0.05) is 34.8 Å². The number of nitrogens with zero attached hydrogens (tertiary/aromatic N) is 4. The predicted octanol–water partition coefficient (Wildman–Crippen LogP) is 7.37. The summed E-state index contributed by atoms with van der Waals surface area (Å²) in [5.41, 5.74) is 7.96. The highest BCUT2D eigenvalue weighted by Gasteiger charge is 2.26. The Balaban J connectivity index is 1.45. The predicted molar refractivity (Wildman–Crippen MR) is 162 cm³/mol. The maximum atomic E-state index is 11.4. The van der Waals surface area contributed by atoms with Gasteiger partial charge in [-0.25, -0.2) is 9.97 Å². The number of rotatable bonds is 10. The van der Waals surface area contributed by atoms with Gasteiger partial charge in [-0.3, -0.25) is 9.97 Å². The Hall–Kier alpha value is -3.61. The van der Waals surface area contributed by atoms with E-state index in [-0.39, 0.29) is 5.75 Å². The first-order valence-corrected chi connectivity index (χ1v) is 14.5. The Labute approximate surface area is 241 Å². The summed E-state index contributed by atoms with van der Waals surface area (Å²) in [6.07, 6.45) is 10.2. The fraction of sp³-hybridized carbons (Fsp3) is 0.333. The zero-order valence-corrected chi connectivity index (χ0v) is 24.2. The molecule has 6 nitrogen and oxygen atoms in total. The second-order valence-electron chi connectivity index (χ2n) is 10.3. The molecule has 1 aliphatic carbocycles. The molecule has 0 unspecified atom stereocenters. The number of benzene rings is 2. The van der Waals surface area contributed by atoms with Crippen LogP contribution in [0.1, 0.15) is 56.4 Å². The lowest BCUT2D eigenvalue weighted by Crippen LogP contribution is -2.40. The Bertz CT molecular complexity index is 1530. The summed E-state index contributed by atoms with van der Waals surface area (Å²) < 4.78 is 0. The van der Waals surface area contributed by atoms with Crippen LogP contribution in [-0.4, -0.2) is 31.1 Å². The number of nitrogens with one attached hydrogen (secondary N) is 1. The molecule has 2 heterocycles. The molecule has 2 aromatic carbocycles. The van der Waals surface area contributed by atoms with E-state index in [4.69, 9.17) is 26.6 Å². The van der Waals surface area contributed by atoms with Crippen LogP contribution in [-0.2, 0) is 25.8 Å². The van der Waals surface area contributed by atoms with Crippen molar-refractivity contribution in [1.82, 2.24) is 25.3 Å². The lowest BCUT2D eigenvalue weighted by Gasteiger charge is -2.34. The van der Waals surface area contributed by atoms with E-state index in [9.17, 15) is 5.11 Å². The van der Waals surface area contributed by atoms with Crippen molar-refractivity contribution in [3.05, 3.63) is 89.2 Å². The molecule has 2 aromatic heterocycles. The van der Waals surface area contributed by atoms with Crippen LogP contribution < -0.4 is 5.32 Å². The summed E-state index contributed by atoms with van der Waals surface area (Å²) >= 11 is 7.00. The number of halogens is 1. The molecule has 5 rings (SSSR count). The molecule has 0 aliphatic heterocycles. The number of para-hydroxylation sites is 1. The number of hydrogen-bond donors (Lipinski definition) is 2. The summed E-state index contributed by atoms with van der Waals surface area (Å²) in [6.45, 7) is 10.8. The number of allylic oxidation sites excluding steroid dienone is 1. The Morgan fingerprint density at radius 3 is 2.02 bits per heavy atom. The standard InChI is InChI=1S/C33H36ClN5O/c1-5-20-15-21(16-20)35-19-31-28(8-4)39-29(17-37-31)24-13-9-11-22(32(24)34)23-12-10-14-25(33(23)40)30-18-36-26(6-2)27(7-3)38-30/h5,9-14,17-18,20-21,35,40H,1,6-8,15-16,19H2,2-4H3.